The van der Waals surface area contributed by atoms with E-state index in [9.17, 15) is 35.2 Å². The van der Waals surface area contributed by atoms with Crippen LogP contribution in [0.2, 0.25) is 0 Å². The summed E-state index contributed by atoms with van der Waals surface area (Å²) >= 11 is 0. The summed E-state index contributed by atoms with van der Waals surface area (Å²) in [5.74, 6) is -2.73. The maximum Gasteiger partial charge on any atom is 0.416 e. The third-order valence-corrected chi connectivity index (χ3v) is 7.51. The van der Waals surface area contributed by atoms with Crippen LogP contribution in [0, 0.1) is 11.6 Å². The molecule has 1 N–H and O–H groups in total. The molecule has 0 bridgehead atoms. The van der Waals surface area contributed by atoms with Gasteiger partial charge in [-0.3, -0.25) is 4.79 Å². The molecule has 1 amide bonds. The first-order valence-corrected chi connectivity index (χ1v) is 12.1. The van der Waals surface area contributed by atoms with Crippen LogP contribution in [0.4, 0.5) is 22.0 Å². The van der Waals surface area contributed by atoms with Crippen LogP contribution in [-0.2, 0) is 27.5 Å². The third kappa shape index (κ3) is 5.51. The molecule has 0 aliphatic carbocycles. The first-order valence-electron chi connectivity index (χ1n) is 10.7. The SMILES string of the molecule is O=C(NCc1cc(-c2ccc(C(F)(F)F)cc2)ncn1)C1CCCN1S(=O)(=O)c1cc(F)cc(F)c1. The fourth-order valence-electron chi connectivity index (χ4n) is 3.88. The molecule has 36 heavy (non-hydrogen) atoms. The van der Waals surface area contributed by atoms with Gasteiger partial charge in [-0.2, -0.15) is 17.5 Å². The van der Waals surface area contributed by atoms with E-state index in [2.05, 4.69) is 15.3 Å². The number of nitrogens with zero attached hydrogens (tertiary/aromatic N) is 3. The first kappa shape index (κ1) is 25.6. The highest BCUT2D eigenvalue weighted by Crippen LogP contribution is 2.31. The maximum atomic E-state index is 13.6. The molecule has 1 unspecified atom stereocenters. The van der Waals surface area contributed by atoms with Gasteiger partial charge in [0.2, 0.25) is 15.9 Å². The van der Waals surface area contributed by atoms with Gasteiger partial charge in [-0.15, -0.1) is 0 Å². The smallest absolute Gasteiger partial charge is 0.349 e. The van der Waals surface area contributed by atoms with Crippen molar-refractivity contribution in [3.8, 4) is 11.3 Å². The van der Waals surface area contributed by atoms with Crippen LogP contribution < -0.4 is 5.32 Å². The molecular formula is C23H19F5N4O3S. The van der Waals surface area contributed by atoms with Gasteiger partial charge in [0.25, 0.3) is 0 Å². The van der Waals surface area contributed by atoms with E-state index in [1.807, 2.05) is 0 Å². The Morgan fingerprint density at radius 2 is 1.69 bits per heavy atom. The number of alkyl halides is 3. The van der Waals surface area contributed by atoms with Gasteiger partial charge in [-0.25, -0.2) is 27.2 Å². The van der Waals surface area contributed by atoms with Crippen LogP contribution in [0.15, 0.2) is 59.8 Å². The summed E-state index contributed by atoms with van der Waals surface area (Å²) in [5, 5.41) is 2.59. The van der Waals surface area contributed by atoms with E-state index in [-0.39, 0.29) is 19.5 Å². The van der Waals surface area contributed by atoms with E-state index in [4.69, 9.17) is 0 Å². The van der Waals surface area contributed by atoms with Crippen molar-refractivity contribution < 1.29 is 35.2 Å². The predicted octanol–water partition coefficient (Wildman–Crippen LogP) is 3.91. The van der Waals surface area contributed by atoms with E-state index in [1.54, 1.807) is 0 Å². The quantitative estimate of drug-likeness (QED) is 0.492. The van der Waals surface area contributed by atoms with Gasteiger partial charge >= 0.3 is 6.18 Å². The van der Waals surface area contributed by atoms with Gasteiger partial charge in [0.05, 0.1) is 28.4 Å². The Labute approximate surface area is 203 Å². The zero-order chi connectivity index (χ0) is 26.1. The van der Waals surface area contributed by atoms with Crippen molar-refractivity contribution in [3.05, 3.63) is 77.8 Å². The topological polar surface area (TPSA) is 92.3 Å². The van der Waals surface area contributed by atoms with Crippen molar-refractivity contribution in [2.45, 2.75) is 36.5 Å². The number of hydrogen-bond donors (Lipinski definition) is 1. The normalized spacial score (nSPS) is 16.8. The molecule has 2 heterocycles. The van der Waals surface area contributed by atoms with Crippen molar-refractivity contribution in [3.63, 3.8) is 0 Å². The maximum absolute atomic E-state index is 13.6. The highest BCUT2D eigenvalue weighted by Gasteiger charge is 2.39. The molecule has 7 nitrogen and oxygen atoms in total. The number of halogens is 5. The Bertz CT molecular complexity index is 1360. The van der Waals surface area contributed by atoms with Crippen LogP contribution in [0.5, 0.6) is 0 Å². The Morgan fingerprint density at radius 3 is 2.33 bits per heavy atom. The lowest BCUT2D eigenvalue weighted by atomic mass is 10.1. The van der Waals surface area contributed by atoms with Crippen molar-refractivity contribution in [2.24, 2.45) is 0 Å². The summed E-state index contributed by atoms with van der Waals surface area (Å²) in [5.41, 5.74) is 0.284. The van der Waals surface area contributed by atoms with Gasteiger partial charge in [0.1, 0.15) is 24.0 Å². The van der Waals surface area contributed by atoms with Crippen LogP contribution in [0.25, 0.3) is 11.3 Å². The molecule has 1 saturated heterocycles. The van der Waals surface area contributed by atoms with Crippen LogP contribution >= 0.6 is 0 Å². The molecule has 1 fully saturated rings. The van der Waals surface area contributed by atoms with Crippen LogP contribution in [0.3, 0.4) is 0 Å². The van der Waals surface area contributed by atoms with Crippen molar-refractivity contribution in [2.75, 3.05) is 6.54 Å². The number of rotatable bonds is 6. The summed E-state index contributed by atoms with van der Waals surface area (Å²) < 4.78 is 92.3. The van der Waals surface area contributed by atoms with Gasteiger partial charge in [-0.1, -0.05) is 12.1 Å². The lowest BCUT2D eigenvalue weighted by Crippen LogP contribution is -2.45. The minimum Gasteiger partial charge on any atom is -0.349 e. The summed E-state index contributed by atoms with van der Waals surface area (Å²) in [6.07, 6.45) is -2.69. The number of amides is 1. The largest absolute Gasteiger partial charge is 0.416 e. The molecular weight excluding hydrogens is 507 g/mol. The molecule has 13 heteroatoms. The minimum absolute atomic E-state index is 0.00410. The first-order chi connectivity index (χ1) is 16.9. The van der Waals surface area contributed by atoms with Crippen molar-refractivity contribution >= 4 is 15.9 Å². The van der Waals surface area contributed by atoms with Crippen LogP contribution in [0.1, 0.15) is 24.1 Å². The van der Waals surface area contributed by atoms with E-state index in [0.29, 0.717) is 41.6 Å². The highest BCUT2D eigenvalue weighted by molar-refractivity contribution is 7.89. The fourth-order valence-corrected chi connectivity index (χ4v) is 5.58. The second kappa shape index (κ2) is 9.90. The van der Waals surface area contributed by atoms with Crippen molar-refractivity contribution in [1.82, 2.24) is 19.6 Å². The number of aromatic nitrogens is 2. The number of benzene rings is 2. The zero-order valence-corrected chi connectivity index (χ0v) is 19.3. The molecule has 1 aromatic heterocycles. The number of sulfonamides is 1. The monoisotopic (exact) mass is 526 g/mol. The van der Waals surface area contributed by atoms with Crippen molar-refractivity contribution in [1.29, 1.82) is 0 Å². The molecule has 190 valence electrons. The minimum atomic E-state index is -4.47. The number of carbonyl (C=O) groups excluding carboxylic acids is 1. The fraction of sp³-hybridized carbons (Fsp3) is 0.261. The lowest BCUT2D eigenvalue weighted by Gasteiger charge is -2.23. The summed E-state index contributed by atoms with van der Waals surface area (Å²) in [6, 6.07) is 6.73. The Hall–Kier alpha value is -3.45. The molecule has 0 saturated carbocycles. The lowest BCUT2D eigenvalue weighted by molar-refractivity contribution is -0.137. The van der Waals surface area contributed by atoms with Gasteiger partial charge in [0.15, 0.2) is 0 Å². The summed E-state index contributed by atoms with van der Waals surface area (Å²) in [4.78, 5) is 20.3. The molecule has 3 aromatic rings. The Kier molecular flexibility index (Phi) is 7.05. The third-order valence-electron chi connectivity index (χ3n) is 5.62. The van der Waals surface area contributed by atoms with Gasteiger partial charge < -0.3 is 5.32 Å². The summed E-state index contributed by atoms with van der Waals surface area (Å²) in [6.45, 7) is -0.0991. The second-order valence-corrected chi connectivity index (χ2v) is 9.96. The number of carbonyl (C=O) groups is 1. The molecule has 0 spiro atoms. The number of hydrogen-bond acceptors (Lipinski definition) is 5. The molecule has 2 aromatic carbocycles. The molecule has 0 radical (unpaired) electrons. The Balaban J connectivity index is 1.46. The number of nitrogens with one attached hydrogen (secondary N) is 1. The molecule has 1 atom stereocenters. The summed E-state index contributed by atoms with van der Waals surface area (Å²) in [7, 11) is -4.33. The van der Waals surface area contributed by atoms with Gasteiger partial charge in [0, 0.05) is 18.2 Å². The van der Waals surface area contributed by atoms with E-state index in [0.717, 1.165) is 16.4 Å². The average molecular weight is 526 g/mol. The van der Waals surface area contributed by atoms with Crippen LogP contribution in [-0.4, -0.2) is 41.2 Å². The van der Waals surface area contributed by atoms with E-state index in [1.165, 1.54) is 24.5 Å². The standard InChI is InChI=1S/C23H19F5N4O3S/c24-16-8-17(25)10-19(9-16)36(34,35)32-7-1-2-21(32)22(33)29-12-18-11-20(31-13-30-18)14-3-5-15(6-4-14)23(26,27)28/h3-6,8-11,13,21H,1-2,7,12H2,(H,29,33). The van der Waals surface area contributed by atoms with E-state index < -0.39 is 50.2 Å². The van der Waals surface area contributed by atoms with Gasteiger partial charge in [-0.05, 0) is 43.2 Å². The van der Waals surface area contributed by atoms with E-state index >= 15 is 0 Å². The predicted molar refractivity (Wildman–Crippen MR) is 118 cm³/mol. The Morgan fingerprint density at radius 1 is 1.03 bits per heavy atom. The molecule has 1 aliphatic heterocycles. The molecule has 1 aliphatic rings. The zero-order valence-electron chi connectivity index (χ0n) is 18.5. The highest BCUT2D eigenvalue weighted by atomic mass is 32.2. The average Bonchev–Trinajstić information content (AvgIpc) is 3.33. The molecule has 4 rings (SSSR count). The second-order valence-electron chi connectivity index (χ2n) is 8.07.